The molecule has 3 rings (SSSR count). The molecule has 0 spiro atoms. The average molecular weight is 556 g/mol. The first-order chi connectivity index (χ1) is 18.9. The molecule has 9 heteroatoms. The lowest BCUT2D eigenvalue weighted by molar-refractivity contribution is -0.172. The number of hydrogen-bond acceptors (Lipinski definition) is 6. The molecular formula is C30H37NO7S. The molecule has 1 heterocycles. The number of carbonyl (C=O) groups is 3. The molecule has 8 nitrogen and oxygen atoms in total. The summed E-state index contributed by atoms with van der Waals surface area (Å²) in [6.07, 6.45) is 3.77. The van der Waals surface area contributed by atoms with Gasteiger partial charge in [0, 0.05) is 13.2 Å². The van der Waals surface area contributed by atoms with Gasteiger partial charge in [-0.05, 0) is 77.3 Å². The van der Waals surface area contributed by atoms with Crippen molar-refractivity contribution in [2.24, 2.45) is 0 Å². The van der Waals surface area contributed by atoms with E-state index in [1.54, 1.807) is 11.3 Å². The normalized spacial score (nSPS) is 12.7. The Morgan fingerprint density at radius 2 is 1.54 bits per heavy atom. The third kappa shape index (κ3) is 10.8. The number of carbonyl (C=O) groups excluding carboxylic acids is 1. The van der Waals surface area contributed by atoms with Crippen LogP contribution >= 0.6 is 11.3 Å². The number of aliphatic carboxylic acids is 2. The van der Waals surface area contributed by atoms with E-state index in [1.165, 1.54) is 21.9 Å². The van der Waals surface area contributed by atoms with E-state index in [4.69, 9.17) is 14.6 Å². The minimum atomic E-state index is -1.71. The maximum Gasteiger partial charge on any atom is 0.336 e. The van der Waals surface area contributed by atoms with E-state index in [1.807, 2.05) is 17.5 Å². The van der Waals surface area contributed by atoms with Crippen molar-refractivity contribution in [2.45, 2.75) is 63.6 Å². The Bertz CT molecular complexity index is 1180. The third-order valence-electron chi connectivity index (χ3n) is 6.41. The second kappa shape index (κ2) is 16.6. The Balaban J connectivity index is 1.42. The van der Waals surface area contributed by atoms with Gasteiger partial charge in [0.25, 0.3) is 5.91 Å². The predicted molar refractivity (Wildman–Crippen MR) is 151 cm³/mol. The number of benzene rings is 2. The van der Waals surface area contributed by atoms with E-state index >= 15 is 0 Å². The highest BCUT2D eigenvalue weighted by Crippen LogP contribution is 2.17. The quantitative estimate of drug-likeness (QED) is 0.176. The standard InChI is InChI=1S/C30H37NO7S/c32-26(33)20-38-28(30(35)36)27(37-17-8-2-4-10-23-15-18-39-21-23)29(34)31-16-7-1-3-9-22-13-14-24-11-5-6-12-25(24)19-22/h5-6,11-15,18-19,21,27-28H,1-4,7-10,16-17,20H2,(H,31,34)(H,32,33)(H,35,36). The summed E-state index contributed by atoms with van der Waals surface area (Å²) >= 11 is 1.66. The van der Waals surface area contributed by atoms with E-state index in [2.05, 4.69) is 47.1 Å². The zero-order chi connectivity index (χ0) is 27.9. The minimum Gasteiger partial charge on any atom is -0.480 e. The van der Waals surface area contributed by atoms with Gasteiger partial charge in [0.15, 0.2) is 12.2 Å². The van der Waals surface area contributed by atoms with Crippen LogP contribution in [0.5, 0.6) is 0 Å². The maximum atomic E-state index is 12.9. The summed E-state index contributed by atoms with van der Waals surface area (Å²) in [4.78, 5) is 35.6. The number of thiophene rings is 1. The van der Waals surface area contributed by atoms with E-state index in [-0.39, 0.29) is 6.61 Å². The van der Waals surface area contributed by atoms with Crippen LogP contribution in [0, 0.1) is 0 Å². The van der Waals surface area contributed by atoms with E-state index in [0.29, 0.717) is 13.0 Å². The van der Waals surface area contributed by atoms with E-state index in [9.17, 15) is 19.5 Å². The van der Waals surface area contributed by atoms with Crippen LogP contribution in [-0.4, -0.2) is 60.0 Å². The van der Waals surface area contributed by atoms with Crippen LogP contribution in [0.25, 0.3) is 10.8 Å². The van der Waals surface area contributed by atoms with Crippen LogP contribution in [0.2, 0.25) is 0 Å². The number of carboxylic acid groups (broad SMARTS) is 2. The Hall–Kier alpha value is -3.27. The molecule has 0 aliphatic heterocycles. The number of unbranched alkanes of at least 4 members (excludes halogenated alkanes) is 4. The summed E-state index contributed by atoms with van der Waals surface area (Å²) in [6.45, 7) is -0.296. The number of carboxylic acids is 2. The highest BCUT2D eigenvalue weighted by molar-refractivity contribution is 7.07. The molecule has 2 unspecified atom stereocenters. The third-order valence-corrected chi connectivity index (χ3v) is 7.14. The molecule has 39 heavy (non-hydrogen) atoms. The summed E-state index contributed by atoms with van der Waals surface area (Å²) in [5.74, 6) is -3.37. The minimum absolute atomic E-state index is 0.174. The monoisotopic (exact) mass is 555 g/mol. The first-order valence-corrected chi connectivity index (χ1v) is 14.3. The molecule has 0 aliphatic rings. The van der Waals surface area contributed by atoms with Crippen molar-refractivity contribution < 1.29 is 34.1 Å². The lowest BCUT2D eigenvalue weighted by Gasteiger charge is -2.23. The van der Waals surface area contributed by atoms with Crippen LogP contribution in [0.1, 0.15) is 49.7 Å². The van der Waals surface area contributed by atoms with Gasteiger partial charge in [-0.3, -0.25) is 4.79 Å². The lowest BCUT2D eigenvalue weighted by Crippen LogP contribution is -2.49. The molecule has 0 fully saturated rings. The van der Waals surface area contributed by atoms with Gasteiger partial charge in [-0.15, -0.1) is 0 Å². The maximum absolute atomic E-state index is 12.9. The van der Waals surface area contributed by atoms with Gasteiger partial charge in [0.05, 0.1) is 0 Å². The second-order valence-corrected chi connectivity index (χ2v) is 10.3. The molecule has 0 saturated carbocycles. The van der Waals surface area contributed by atoms with Crippen LogP contribution in [-0.2, 0) is 36.7 Å². The van der Waals surface area contributed by atoms with Gasteiger partial charge >= 0.3 is 11.9 Å². The number of ether oxygens (including phenoxy) is 2. The van der Waals surface area contributed by atoms with Crippen LogP contribution in [0.15, 0.2) is 59.3 Å². The molecule has 3 aromatic rings. The molecule has 0 bridgehead atoms. The smallest absolute Gasteiger partial charge is 0.336 e. The number of nitrogens with one attached hydrogen (secondary N) is 1. The first-order valence-electron chi connectivity index (χ1n) is 13.4. The van der Waals surface area contributed by atoms with Gasteiger partial charge in [-0.25, -0.2) is 9.59 Å². The van der Waals surface area contributed by atoms with Crippen molar-refractivity contribution in [3.05, 3.63) is 70.4 Å². The fourth-order valence-electron chi connectivity index (χ4n) is 4.34. The summed E-state index contributed by atoms with van der Waals surface area (Å²) in [6, 6.07) is 16.8. The number of fused-ring (bicyclic) bond motifs is 1. The Morgan fingerprint density at radius 3 is 2.26 bits per heavy atom. The lowest BCUT2D eigenvalue weighted by atomic mass is 10.0. The summed E-state index contributed by atoms with van der Waals surface area (Å²) in [5.41, 5.74) is 2.55. The zero-order valence-electron chi connectivity index (χ0n) is 22.1. The fraction of sp³-hybridized carbons (Fsp3) is 0.433. The topological polar surface area (TPSA) is 122 Å². The van der Waals surface area contributed by atoms with Crippen LogP contribution in [0.4, 0.5) is 0 Å². The van der Waals surface area contributed by atoms with Crippen LogP contribution in [0.3, 0.4) is 0 Å². The molecule has 0 aliphatic carbocycles. The van der Waals surface area contributed by atoms with Gasteiger partial charge in [-0.2, -0.15) is 11.3 Å². The van der Waals surface area contributed by atoms with Crippen molar-refractivity contribution in [1.29, 1.82) is 0 Å². The van der Waals surface area contributed by atoms with Crippen molar-refractivity contribution >= 4 is 40.0 Å². The molecule has 1 aromatic heterocycles. The summed E-state index contributed by atoms with van der Waals surface area (Å²) < 4.78 is 10.7. The van der Waals surface area contributed by atoms with Crippen molar-refractivity contribution in [3.8, 4) is 0 Å². The first kappa shape index (κ1) is 30.3. The van der Waals surface area contributed by atoms with Crippen molar-refractivity contribution in [3.63, 3.8) is 0 Å². The highest BCUT2D eigenvalue weighted by atomic mass is 32.1. The molecule has 0 radical (unpaired) electrons. The molecule has 2 atom stereocenters. The number of amides is 1. The van der Waals surface area contributed by atoms with E-state index < -0.39 is 36.7 Å². The van der Waals surface area contributed by atoms with Gasteiger partial charge in [-0.1, -0.05) is 55.3 Å². The predicted octanol–water partition coefficient (Wildman–Crippen LogP) is 5.08. The number of aryl methyl sites for hydroxylation is 2. The molecule has 1 amide bonds. The Morgan fingerprint density at radius 1 is 0.795 bits per heavy atom. The second-order valence-electron chi connectivity index (χ2n) is 9.48. The van der Waals surface area contributed by atoms with Gasteiger partial charge in [0.1, 0.15) is 6.61 Å². The molecular weight excluding hydrogens is 518 g/mol. The Labute approximate surface area is 232 Å². The summed E-state index contributed by atoms with van der Waals surface area (Å²) in [5, 5.41) is 27.8. The van der Waals surface area contributed by atoms with Gasteiger partial charge < -0.3 is 25.0 Å². The number of rotatable bonds is 19. The highest BCUT2D eigenvalue weighted by Gasteiger charge is 2.36. The van der Waals surface area contributed by atoms with Crippen molar-refractivity contribution in [2.75, 3.05) is 19.8 Å². The SMILES string of the molecule is O=C(O)COC(C(=O)O)C(OCCCCCc1ccsc1)C(=O)NCCCCCc1ccc2ccccc2c1. The largest absolute Gasteiger partial charge is 0.480 e. The molecule has 2 aromatic carbocycles. The fourth-order valence-corrected chi connectivity index (χ4v) is 5.04. The molecule has 3 N–H and O–H groups in total. The van der Waals surface area contributed by atoms with Crippen molar-refractivity contribution in [1.82, 2.24) is 5.32 Å². The summed E-state index contributed by atoms with van der Waals surface area (Å²) in [7, 11) is 0. The van der Waals surface area contributed by atoms with Crippen LogP contribution < -0.4 is 5.32 Å². The zero-order valence-corrected chi connectivity index (χ0v) is 22.9. The van der Waals surface area contributed by atoms with E-state index in [0.717, 1.165) is 44.9 Å². The molecule has 210 valence electrons. The number of hydrogen-bond donors (Lipinski definition) is 3. The Kier molecular flexibility index (Phi) is 12.9. The van der Waals surface area contributed by atoms with Gasteiger partial charge in [0.2, 0.25) is 0 Å². The molecule has 0 saturated heterocycles. The average Bonchev–Trinajstić information content (AvgIpc) is 3.44.